The van der Waals surface area contributed by atoms with Crippen molar-refractivity contribution in [2.75, 3.05) is 7.11 Å². The molecule has 0 fully saturated rings. The van der Waals surface area contributed by atoms with Gasteiger partial charge in [0.05, 0.1) is 18.4 Å². The van der Waals surface area contributed by atoms with E-state index in [-0.39, 0.29) is 5.91 Å². The standard InChI is InChI=1S/C25H20N4O3/c1-31-21-6-2-5-18(10-21)19-7-8-20-11-22(24(29(20)14-19)23-15-32-16-28-23)25(30)27-13-17-4-3-9-26-12-17/h2-12,14-16H,13H2,1H3,(H,27,30). The van der Waals surface area contributed by atoms with Crippen molar-refractivity contribution >= 4 is 11.4 Å². The summed E-state index contributed by atoms with van der Waals surface area (Å²) in [4.78, 5) is 21.5. The Hall–Kier alpha value is -4.39. The third-order valence-electron chi connectivity index (χ3n) is 5.27. The summed E-state index contributed by atoms with van der Waals surface area (Å²) in [5, 5.41) is 2.97. The van der Waals surface area contributed by atoms with Gasteiger partial charge in [0.15, 0.2) is 6.39 Å². The van der Waals surface area contributed by atoms with Gasteiger partial charge in [0.2, 0.25) is 0 Å². The quantitative estimate of drug-likeness (QED) is 0.431. The average molecular weight is 424 g/mol. The lowest BCUT2D eigenvalue weighted by atomic mass is 10.1. The molecule has 0 saturated carbocycles. The lowest BCUT2D eigenvalue weighted by Gasteiger charge is -2.08. The number of carbonyl (C=O) groups excluding carboxylic acids is 1. The normalized spacial score (nSPS) is 10.9. The van der Waals surface area contributed by atoms with Crippen molar-refractivity contribution in [3.8, 4) is 28.3 Å². The molecule has 0 saturated heterocycles. The van der Waals surface area contributed by atoms with Gasteiger partial charge in [0.25, 0.3) is 5.91 Å². The minimum absolute atomic E-state index is 0.196. The fourth-order valence-electron chi connectivity index (χ4n) is 3.69. The molecule has 0 aliphatic carbocycles. The molecule has 158 valence electrons. The average Bonchev–Trinajstić information content (AvgIpc) is 3.50. The van der Waals surface area contributed by atoms with Crippen LogP contribution in [0.25, 0.3) is 28.0 Å². The molecule has 32 heavy (non-hydrogen) atoms. The number of fused-ring (bicyclic) bond motifs is 1. The van der Waals surface area contributed by atoms with Crippen LogP contribution in [-0.4, -0.2) is 27.4 Å². The van der Waals surface area contributed by atoms with Gasteiger partial charge in [0.1, 0.15) is 17.7 Å². The zero-order valence-corrected chi connectivity index (χ0v) is 17.4. The molecule has 0 atom stereocenters. The number of rotatable bonds is 6. The number of methoxy groups -OCH3 is 1. The molecule has 0 aliphatic heterocycles. The molecule has 1 N–H and O–H groups in total. The van der Waals surface area contributed by atoms with Crippen LogP contribution in [0.1, 0.15) is 15.9 Å². The van der Waals surface area contributed by atoms with Crippen LogP contribution in [-0.2, 0) is 6.54 Å². The molecule has 5 aromatic rings. The molecule has 1 amide bonds. The van der Waals surface area contributed by atoms with Crippen LogP contribution in [0.5, 0.6) is 5.75 Å². The molecule has 7 heteroatoms. The number of nitrogens with one attached hydrogen (secondary N) is 1. The third-order valence-corrected chi connectivity index (χ3v) is 5.27. The number of hydrogen-bond donors (Lipinski definition) is 1. The highest BCUT2D eigenvalue weighted by molar-refractivity contribution is 6.02. The van der Waals surface area contributed by atoms with Gasteiger partial charge < -0.3 is 18.9 Å². The summed E-state index contributed by atoms with van der Waals surface area (Å²) in [5.41, 5.74) is 5.56. The van der Waals surface area contributed by atoms with Gasteiger partial charge in [-0.25, -0.2) is 4.98 Å². The summed E-state index contributed by atoms with van der Waals surface area (Å²) in [7, 11) is 1.65. The lowest BCUT2D eigenvalue weighted by Crippen LogP contribution is -2.23. The first-order valence-corrected chi connectivity index (χ1v) is 10.1. The number of ether oxygens (including phenoxy) is 1. The van der Waals surface area contributed by atoms with Gasteiger partial charge in [-0.3, -0.25) is 9.78 Å². The van der Waals surface area contributed by atoms with Crippen LogP contribution in [0, 0.1) is 0 Å². The van der Waals surface area contributed by atoms with Crippen molar-refractivity contribution in [3.05, 3.63) is 97.0 Å². The van der Waals surface area contributed by atoms with E-state index in [1.165, 1.54) is 12.7 Å². The van der Waals surface area contributed by atoms with Gasteiger partial charge in [-0.05, 0) is 47.0 Å². The van der Waals surface area contributed by atoms with Crippen molar-refractivity contribution in [3.63, 3.8) is 0 Å². The summed E-state index contributed by atoms with van der Waals surface area (Å²) in [6, 6.07) is 17.5. The fourth-order valence-corrected chi connectivity index (χ4v) is 3.69. The molecule has 4 heterocycles. The number of nitrogens with zero attached hydrogens (tertiary/aromatic N) is 3. The van der Waals surface area contributed by atoms with Crippen molar-refractivity contribution in [2.45, 2.75) is 6.54 Å². The molecule has 5 rings (SSSR count). The highest BCUT2D eigenvalue weighted by Crippen LogP contribution is 2.30. The largest absolute Gasteiger partial charge is 0.497 e. The number of aromatic nitrogens is 3. The highest BCUT2D eigenvalue weighted by atomic mass is 16.5. The van der Waals surface area contributed by atoms with Gasteiger partial charge in [-0.2, -0.15) is 0 Å². The Labute approximate surface area is 184 Å². The van der Waals surface area contributed by atoms with Crippen LogP contribution < -0.4 is 10.1 Å². The third kappa shape index (κ3) is 3.72. The smallest absolute Gasteiger partial charge is 0.253 e. The van der Waals surface area contributed by atoms with E-state index < -0.39 is 0 Å². The number of hydrogen-bond acceptors (Lipinski definition) is 5. The highest BCUT2D eigenvalue weighted by Gasteiger charge is 2.20. The minimum atomic E-state index is -0.196. The Morgan fingerprint density at radius 1 is 1.12 bits per heavy atom. The van der Waals surface area contributed by atoms with Crippen molar-refractivity contribution in [1.82, 2.24) is 19.7 Å². The Morgan fingerprint density at radius 2 is 2.06 bits per heavy atom. The summed E-state index contributed by atoms with van der Waals surface area (Å²) >= 11 is 0. The Kier molecular flexibility index (Phi) is 5.13. The molecular weight excluding hydrogens is 404 g/mol. The van der Waals surface area contributed by atoms with Crippen LogP contribution >= 0.6 is 0 Å². The second kappa shape index (κ2) is 8.39. The molecule has 0 aliphatic rings. The maximum absolute atomic E-state index is 13.1. The minimum Gasteiger partial charge on any atom is -0.497 e. The predicted molar refractivity (Wildman–Crippen MR) is 120 cm³/mol. The number of amides is 1. The first-order valence-electron chi connectivity index (χ1n) is 10.1. The Morgan fingerprint density at radius 3 is 2.84 bits per heavy atom. The van der Waals surface area contributed by atoms with E-state index in [4.69, 9.17) is 9.15 Å². The summed E-state index contributed by atoms with van der Waals surface area (Å²) < 4.78 is 12.5. The molecule has 0 unspecified atom stereocenters. The van der Waals surface area contributed by atoms with E-state index in [0.29, 0.717) is 23.5 Å². The molecule has 7 nitrogen and oxygen atoms in total. The van der Waals surface area contributed by atoms with Crippen LogP contribution in [0.3, 0.4) is 0 Å². The van der Waals surface area contributed by atoms with E-state index >= 15 is 0 Å². The maximum atomic E-state index is 13.1. The molecule has 1 aromatic carbocycles. The number of pyridine rings is 2. The number of benzene rings is 1. The first kappa shape index (κ1) is 19.6. The Bertz CT molecular complexity index is 1380. The summed E-state index contributed by atoms with van der Waals surface area (Å²) in [6.07, 6.45) is 8.33. The first-order chi connectivity index (χ1) is 15.7. The van der Waals surface area contributed by atoms with E-state index in [9.17, 15) is 4.79 Å². The molecule has 0 radical (unpaired) electrons. The molecular formula is C25H20N4O3. The van der Waals surface area contributed by atoms with Crippen LogP contribution in [0.15, 0.2) is 90.3 Å². The maximum Gasteiger partial charge on any atom is 0.253 e. The van der Waals surface area contributed by atoms with Crippen molar-refractivity contribution in [2.24, 2.45) is 0 Å². The van der Waals surface area contributed by atoms with E-state index in [1.807, 2.05) is 65.2 Å². The second-order valence-corrected chi connectivity index (χ2v) is 7.27. The fraction of sp³-hybridized carbons (Fsp3) is 0.0800. The van der Waals surface area contributed by atoms with Crippen molar-refractivity contribution < 1.29 is 13.9 Å². The van der Waals surface area contributed by atoms with Crippen LogP contribution in [0.4, 0.5) is 0 Å². The zero-order chi connectivity index (χ0) is 21.9. The monoisotopic (exact) mass is 424 g/mol. The zero-order valence-electron chi connectivity index (χ0n) is 17.4. The van der Waals surface area contributed by atoms with Gasteiger partial charge in [0, 0.05) is 30.7 Å². The van der Waals surface area contributed by atoms with Crippen LogP contribution in [0.2, 0.25) is 0 Å². The Balaban J connectivity index is 1.57. The summed E-state index contributed by atoms with van der Waals surface area (Å²) in [5.74, 6) is 0.584. The number of oxazole rings is 1. The van der Waals surface area contributed by atoms with E-state index in [2.05, 4.69) is 15.3 Å². The summed E-state index contributed by atoms with van der Waals surface area (Å²) in [6.45, 7) is 0.381. The van der Waals surface area contributed by atoms with Gasteiger partial charge in [-0.1, -0.05) is 24.3 Å². The molecule has 0 spiro atoms. The van der Waals surface area contributed by atoms with E-state index in [0.717, 1.165) is 28.0 Å². The topological polar surface area (TPSA) is 81.7 Å². The van der Waals surface area contributed by atoms with Gasteiger partial charge in [-0.15, -0.1) is 0 Å². The van der Waals surface area contributed by atoms with Crippen molar-refractivity contribution in [1.29, 1.82) is 0 Å². The predicted octanol–water partition coefficient (Wildman–Crippen LogP) is 4.59. The molecule has 0 bridgehead atoms. The second-order valence-electron chi connectivity index (χ2n) is 7.27. The SMILES string of the molecule is COc1cccc(-c2ccc3cc(C(=O)NCc4cccnc4)c(-c4cocn4)n3c2)c1. The van der Waals surface area contributed by atoms with E-state index in [1.54, 1.807) is 19.5 Å². The number of carbonyl (C=O) groups is 1. The lowest BCUT2D eigenvalue weighted by molar-refractivity contribution is 0.0951. The molecule has 4 aromatic heterocycles. The van der Waals surface area contributed by atoms with Gasteiger partial charge >= 0.3 is 0 Å².